The molecular weight excluding hydrogens is 346 g/mol. The minimum atomic E-state index is -0.0136. The van der Waals surface area contributed by atoms with Gasteiger partial charge in [0.15, 0.2) is 0 Å². The molecule has 1 heterocycles. The predicted molar refractivity (Wildman–Crippen MR) is 104 cm³/mol. The van der Waals surface area contributed by atoms with E-state index in [4.69, 9.17) is 4.52 Å². The Balaban J connectivity index is 1.48. The Hall–Kier alpha value is -2.60. The summed E-state index contributed by atoms with van der Waals surface area (Å²) in [4.78, 5) is 16.5. The molecule has 1 amide bonds. The van der Waals surface area contributed by atoms with Crippen LogP contribution in [-0.2, 0) is 10.5 Å². The van der Waals surface area contributed by atoms with Crippen LogP contribution in [0.25, 0.3) is 11.4 Å². The molecule has 0 radical (unpaired) electrons. The average Bonchev–Trinajstić information content (AvgIpc) is 3.11. The van der Waals surface area contributed by atoms with E-state index in [9.17, 15) is 4.79 Å². The maximum absolute atomic E-state index is 12.1. The summed E-state index contributed by atoms with van der Waals surface area (Å²) in [5.41, 5.74) is 3.15. The Bertz CT molecular complexity index is 864. The van der Waals surface area contributed by atoms with E-state index in [0.717, 1.165) is 16.7 Å². The van der Waals surface area contributed by atoms with E-state index in [1.165, 1.54) is 11.8 Å². The van der Waals surface area contributed by atoms with Crippen LogP contribution in [0.1, 0.15) is 30.0 Å². The van der Waals surface area contributed by atoms with Gasteiger partial charge in [-0.2, -0.15) is 4.98 Å². The highest BCUT2D eigenvalue weighted by Crippen LogP contribution is 2.21. The molecule has 3 rings (SSSR count). The molecule has 26 heavy (non-hydrogen) atoms. The molecule has 0 fully saturated rings. The van der Waals surface area contributed by atoms with E-state index in [2.05, 4.69) is 15.5 Å². The third kappa shape index (κ3) is 4.73. The summed E-state index contributed by atoms with van der Waals surface area (Å²) in [7, 11) is 0. The molecule has 1 aromatic heterocycles. The molecule has 3 aromatic rings. The lowest BCUT2D eigenvalue weighted by molar-refractivity contribution is -0.119. The molecular formula is C20H21N3O2S. The number of hydrogen-bond acceptors (Lipinski definition) is 5. The van der Waals surface area contributed by atoms with Crippen molar-refractivity contribution in [2.24, 2.45) is 0 Å². The molecule has 0 unspecified atom stereocenters. The smallest absolute Gasteiger partial charge is 0.236 e. The first kappa shape index (κ1) is 18.2. The van der Waals surface area contributed by atoms with Crippen molar-refractivity contribution >= 4 is 17.7 Å². The van der Waals surface area contributed by atoms with E-state index in [1.807, 2.05) is 68.4 Å². The molecule has 0 spiro atoms. The predicted octanol–water partition coefficient (Wildman–Crippen LogP) is 4.16. The highest BCUT2D eigenvalue weighted by atomic mass is 32.2. The Morgan fingerprint density at radius 1 is 1.15 bits per heavy atom. The van der Waals surface area contributed by atoms with Crippen LogP contribution in [0.2, 0.25) is 0 Å². The SMILES string of the molecule is Cc1ccccc1-c1noc(CSCC(=O)N[C@@H](C)c2ccccc2)n1. The van der Waals surface area contributed by atoms with Crippen molar-refractivity contribution < 1.29 is 9.32 Å². The van der Waals surface area contributed by atoms with Crippen LogP contribution in [0.5, 0.6) is 0 Å². The molecule has 0 bridgehead atoms. The van der Waals surface area contributed by atoms with E-state index >= 15 is 0 Å². The average molecular weight is 367 g/mol. The second-order valence-electron chi connectivity index (χ2n) is 6.02. The summed E-state index contributed by atoms with van der Waals surface area (Å²) < 4.78 is 5.29. The number of hydrogen-bond donors (Lipinski definition) is 1. The van der Waals surface area contributed by atoms with Crippen molar-refractivity contribution in [1.29, 1.82) is 0 Å². The molecule has 0 aliphatic carbocycles. The van der Waals surface area contributed by atoms with Gasteiger partial charge in [0.1, 0.15) is 0 Å². The van der Waals surface area contributed by atoms with Gasteiger partial charge in [0.05, 0.1) is 17.5 Å². The normalized spacial score (nSPS) is 11.9. The highest BCUT2D eigenvalue weighted by molar-refractivity contribution is 7.99. The van der Waals surface area contributed by atoms with Gasteiger partial charge in [-0.15, -0.1) is 11.8 Å². The Labute approximate surface area is 157 Å². The maximum Gasteiger partial charge on any atom is 0.236 e. The number of amides is 1. The summed E-state index contributed by atoms with van der Waals surface area (Å²) >= 11 is 1.46. The summed E-state index contributed by atoms with van der Waals surface area (Å²) in [6.07, 6.45) is 0. The zero-order chi connectivity index (χ0) is 18.4. The molecule has 2 aromatic carbocycles. The molecule has 0 saturated carbocycles. The van der Waals surface area contributed by atoms with Crippen LogP contribution in [0.4, 0.5) is 0 Å². The number of rotatable bonds is 7. The summed E-state index contributed by atoms with van der Waals surface area (Å²) in [5.74, 6) is 1.95. The van der Waals surface area contributed by atoms with Gasteiger partial charge in [0.2, 0.25) is 17.6 Å². The first-order valence-electron chi connectivity index (χ1n) is 8.44. The maximum atomic E-state index is 12.1. The zero-order valence-electron chi connectivity index (χ0n) is 14.8. The van der Waals surface area contributed by atoms with Gasteiger partial charge in [0, 0.05) is 5.56 Å². The number of carbonyl (C=O) groups is 1. The molecule has 0 saturated heterocycles. The van der Waals surface area contributed by atoms with E-state index in [1.54, 1.807) is 0 Å². The van der Waals surface area contributed by atoms with Crippen molar-refractivity contribution in [3.05, 3.63) is 71.6 Å². The Morgan fingerprint density at radius 3 is 2.65 bits per heavy atom. The van der Waals surface area contributed by atoms with E-state index in [0.29, 0.717) is 23.2 Å². The number of thioether (sulfide) groups is 1. The topological polar surface area (TPSA) is 68.0 Å². The molecule has 1 atom stereocenters. The number of benzene rings is 2. The van der Waals surface area contributed by atoms with Crippen LogP contribution < -0.4 is 5.32 Å². The van der Waals surface area contributed by atoms with Gasteiger partial charge >= 0.3 is 0 Å². The number of aryl methyl sites for hydroxylation is 1. The van der Waals surface area contributed by atoms with Crippen LogP contribution in [0, 0.1) is 6.92 Å². The minimum absolute atomic E-state index is 0.00926. The fourth-order valence-corrected chi connectivity index (χ4v) is 3.25. The fraction of sp³-hybridized carbons (Fsp3) is 0.250. The Morgan fingerprint density at radius 2 is 1.88 bits per heavy atom. The van der Waals surface area contributed by atoms with Gasteiger partial charge in [-0.1, -0.05) is 59.8 Å². The van der Waals surface area contributed by atoms with Crippen LogP contribution in [0.3, 0.4) is 0 Å². The molecule has 6 heteroatoms. The first-order valence-corrected chi connectivity index (χ1v) is 9.59. The van der Waals surface area contributed by atoms with Crippen LogP contribution in [0.15, 0.2) is 59.1 Å². The van der Waals surface area contributed by atoms with Gasteiger partial charge in [-0.25, -0.2) is 0 Å². The number of nitrogens with one attached hydrogen (secondary N) is 1. The summed E-state index contributed by atoms with van der Waals surface area (Å²) in [6.45, 7) is 3.99. The van der Waals surface area contributed by atoms with E-state index in [-0.39, 0.29) is 11.9 Å². The number of carbonyl (C=O) groups excluding carboxylic acids is 1. The van der Waals surface area contributed by atoms with Crippen LogP contribution >= 0.6 is 11.8 Å². The Kier molecular flexibility index (Phi) is 6.07. The van der Waals surface area contributed by atoms with Crippen molar-refractivity contribution in [1.82, 2.24) is 15.5 Å². The zero-order valence-corrected chi connectivity index (χ0v) is 15.6. The van der Waals surface area contributed by atoms with Gasteiger partial charge in [-0.05, 0) is 25.0 Å². The summed E-state index contributed by atoms with van der Waals surface area (Å²) in [5, 5.41) is 7.03. The highest BCUT2D eigenvalue weighted by Gasteiger charge is 2.12. The minimum Gasteiger partial charge on any atom is -0.349 e. The largest absolute Gasteiger partial charge is 0.349 e. The third-order valence-electron chi connectivity index (χ3n) is 3.99. The monoisotopic (exact) mass is 367 g/mol. The van der Waals surface area contributed by atoms with Gasteiger partial charge < -0.3 is 9.84 Å². The van der Waals surface area contributed by atoms with Crippen molar-refractivity contribution in [3.63, 3.8) is 0 Å². The van der Waals surface area contributed by atoms with Crippen LogP contribution in [-0.4, -0.2) is 21.8 Å². The second-order valence-corrected chi connectivity index (χ2v) is 7.00. The first-order chi connectivity index (χ1) is 12.6. The number of aromatic nitrogens is 2. The molecule has 0 aliphatic heterocycles. The molecule has 5 nitrogen and oxygen atoms in total. The van der Waals surface area contributed by atoms with E-state index < -0.39 is 0 Å². The summed E-state index contributed by atoms with van der Waals surface area (Å²) in [6, 6.07) is 17.8. The van der Waals surface area contributed by atoms with Gasteiger partial charge in [0.25, 0.3) is 0 Å². The lowest BCUT2D eigenvalue weighted by atomic mass is 10.1. The second kappa shape index (κ2) is 8.67. The van der Waals surface area contributed by atoms with Crippen molar-refractivity contribution in [2.75, 3.05) is 5.75 Å². The lowest BCUT2D eigenvalue weighted by Gasteiger charge is -2.13. The standard InChI is InChI=1S/C20H21N3O2S/c1-14-8-6-7-11-17(14)20-22-19(25-23-20)13-26-12-18(24)21-15(2)16-9-4-3-5-10-16/h3-11,15H,12-13H2,1-2H3,(H,21,24)/t15-/m0/s1. The quantitative estimate of drug-likeness (QED) is 0.679. The molecule has 134 valence electrons. The molecule has 0 aliphatic rings. The molecule has 1 N–H and O–H groups in total. The number of nitrogens with zero attached hydrogens (tertiary/aromatic N) is 2. The van der Waals surface area contributed by atoms with Crippen molar-refractivity contribution in [3.8, 4) is 11.4 Å². The fourth-order valence-electron chi connectivity index (χ4n) is 2.59. The van der Waals surface area contributed by atoms with Gasteiger partial charge in [-0.3, -0.25) is 4.79 Å². The lowest BCUT2D eigenvalue weighted by Crippen LogP contribution is -2.28. The van der Waals surface area contributed by atoms with Crippen molar-refractivity contribution in [2.45, 2.75) is 25.6 Å². The third-order valence-corrected chi connectivity index (χ3v) is 4.91.